The fraction of sp³-hybridized carbons (Fsp3) is 0.526. The average molecular weight is 433 g/mol. The highest BCUT2D eigenvalue weighted by molar-refractivity contribution is 5.96. The molecule has 3 rings (SSSR count). The molecule has 0 atom stereocenters. The van der Waals surface area contributed by atoms with Gasteiger partial charge in [0, 0.05) is 77.7 Å². The first-order valence-electron chi connectivity index (χ1n) is 10.0. The lowest BCUT2D eigenvalue weighted by atomic mass is 10.2. The highest BCUT2D eigenvalue weighted by Gasteiger charge is 2.26. The first kappa shape index (κ1) is 22.3. The minimum absolute atomic E-state index is 0.101. The van der Waals surface area contributed by atoms with Gasteiger partial charge in [-0.25, -0.2) is 4.79 Å². The summed E-state index contributed by atoms with van der Waals surface area (Å²) in [5, 5.41) is 6.95. The van der Waals surface area contributed by atoms with E-state index in [9.17, 15) is 19.2 Å². The number of aromatic amines is 1. The van der Waals surface area contributed by atoms with Crippen molar-refractivity contribution in [1.29, 1.82) is 0 Å². The second-order valence-electron chi connectivity index (χ2n) is 7.26. The van der Waals surface area contributed by atoms with Crippen molar-refractivity contribution in [1.82, 2.24) is 34.4 Å². The molecule has 2 aromatic rings. The number of aryl methyl sites for hydroxylation is 2. The number of nitrogens with one attached hydrogen (secondary N) is 2. The molecule has 0 unspecified atom stereocenters. The third-order valence-electron chi connectivity index (χ3n) is 5.10. The van der Waals surface area contributed by atoms with E-state index >= 15 is 0 Å². The van der Waals surface area contributed by atoms with Crippen molar-refractivity contribution < 1.29 is 14.3 Å². The second kappa shape index (κ2) is 10.1. The fourth-order valence-corrected chi connectivity index (χ4v) is 3.39. The number of H-pyrrole nitrogens is 1. The lowest BCUT2D eigenvalue weighted by Crippen LogP contribution is -2.50. The van der Waals surface area contributed by atoms with E-state index in [0.717, 1.165) is 0 Å². The number of aromatic nitrogens is 4. The summed E-state index contributed by atoms with van der Waals surface area (Å²) >= 11 is 0. The Hall–Kier alpha value is -3.41. The first-order chi connectivity index (χ1) is 14.9. The molecule has 1 fully saturated rings. The summed E-state index contributed by atoms with van der Waals surface area (Å²) in [4.78, 5) is 53.5. The number of amides is 2. The van der Waals surface area contributed by atoms with Gasteiger partial charge in [0.05, 0.1) is 7.11 Å². The number of hydrogen-bond donors (Lipinski definition) is 2. The lowest BCUT2D eigenvalue weighted by Gasteiger charge is -2.34. The molecule has 0 aliphatic carbocycles. The number of rotatable bonds is 8. The number of nitrogens with zero attached hydrogens (tertiary/aromatic N) is 5. The predicted octanol–water partition coefficient (Wildman–Crippen LogP) is -1.76. The minimum Gasteiger partial charge on any atom is -0.479 e. The molecule has 1 aliphatic heterocycles. The van der Waals surface area contributed by atoms with Crippen LogP contribution in [0.5, 0.6) is 5.88 Å². The Balaban J connectivity index is 1.37. The van der Waals surface area contributed by atoms with Crippen LogP contribution < -0.4 is 21.3 Å². The summed E-state index contributed by atoms with van der Waals surface area (Å²) in [6, 6.07) is 1.24. The van der Waals surface area contributed by atoms with Crippen molar-refractivity contribution in [2.24, 2.45) is 7.05 Å². The molecule has 1 aliphatic rings. The van der Waals surface area contributed by atoms with Crippen molar-refractivity contribution in [2.45, 2.75) is 13.0 Å². The number of carbonyl (C=O) groups is 2. The Morgan fingerprint density at radius 1 is 1.19 bits per heavy atom. The molecular weight excluding hydrogens is 406 g/mol. The van der Waals surface area contributed by atoms with Crippen LogP contribution in [0.15, 0.2) is 28.0 Å². The van der Waals surface area contributed by atoms with Crippen molar-refractivity contribution in [3.8, 4) is 5.88 Å². The number of ether oxygens (including phenoxy) is 1. The van der Waals surface area contributed by atoms with Crippen molar-refractivity contribution in [3.05, 3.63) is 44.9 Å². The Morgan fingerprint density at radius 2 is 1.94 bits per heavy atom. The van der Waals surface area contributed by atoms with Crippen LogP contribution in [0, 0.1) is 0 Å². The van der Waals surface area contributed by atoms with Crippen LogP contribution in [0.1, 0.15) is 16.8 Å². The second-order valence-corrected chi connectivity index (χ2v) is 7.26. The Morgan fingerprint density at radius 3 is 2.61 bits per heavy atom. The molecule has 0 saturated carbocycles. The smallest absolute Gasteiger partial charge is 0.328 e. The van der Waals surface area contributed by atoms with Crippen LogP contribution in [0.3, 0.4) is 0 Å². The fourth-order valence-electron chi connectivity index (χ4n) is 3.39. The molecule has 168 valence electrons. The van der Waals surface area contributed by atoms with Crippen LogP contribution >= 0.6 is 0 Å². The SMILES string of the molecule is COc1nn(C)cc1C(=O)N1CCN(CCNC(=O)CCn2ccc(=O)[nH]c2=O)CC1. The molecule has 31 heavy (non-hydrogen) atoms. The van der Waals surface area contributed by atoms with E-state index in [1.165, 1.54) is 23.9 Å². The van der Waals surface area contributed by atoms with Crippen molar-refractivity contribution in [3.63, 3.8) is 0 Å². The van der Waals surface area contributed by atoms with E-state index in [1.54, 1.807) is 22.8 Å². The van der Waals surface area contributed by atoms with Gasteiger partial charge in [-0.1, -0.05) is 0 Å². The summed E-state index contributed by atoms with van der Waals surface area (Å²) in [6.45, 7) is 3.92. The molecule has 12 heteroatoms. The number of carbonyl (C=O) groups excluding carboxylic acids is 2. The monoisotopic (exact) mass is 433 g/mol. The summed E-state index contributed by atoms with van der Waals surface area (Å²) in [7, 11) is 3.23. The number of piperazine rings is 1. The Bertz CT molecular complexity index is 1030. The van der Waals surface area contributed by atoms with Crippen LogP contribution in [0.25, 0.3) is 0 Å². The minimum atomic E-state index is -0.531. The van der Waals surface area contributed by atoms with Gasteiger partial charge in [-0.3, -0.25) is 28.9 Å². The van der Waals surface area contributed by atoms with Gasteiger partial charge in [0.1, 0.15) is 5.56 Å². The van der Waals surface area contributed by atoms with Crippen molar-refractivity contribution >= 4 is 11.8 Å². The van der Waals surface area contributed by atoms with Gasteiger partial charge in [0.25, 0.3) is 11.5 Å². The molecule has 2 amide bonds. The van der Waals surface area contributed by atoms with Gasteiger partial charge in [-0.05, 0) is 0 Å². The normalized spacial score (nSPS) is 14.5. The van der Waals surface area contributed by atoms with Gasteiger partial charge in [-0.2, -0.15) is 0 Å². The lowest BCUT2D eigenvalue weighted by molar-refractivity contribution is -0.121. The van der Waals surface area contributed by atoms with Crippen molar-refractivity contribution in [2.75, 3.05) is 46.4 Å². The summed E-state index contributed by atoms with van der Waals surface area (Å²) < 4.78 is 8.01. The maximum atomic E-state index is 12.7. The Kier molecular flexibility index (Phi) is 7.23. The summed E-state index contributed by atoms with van der Waals surface area (Å²) in [6.07, 6.45) is 3.17. The van der Waals surface area contributed by atoms with Crippen LogP contribution in [0.4, 0.5) is 0 Å². The van der Waals surface area contributed by atoms with E-state index in [-0.39, 0.29) is 24.8 Å². The van der Waals surface area contributed by atoms with E-state index in [1.807, 2.05) is 0 Å². The molecule has 0 aromatic carbocycles. The molecule has 0 spiro atoms. The van der Waals surface area contributed by atoms with Gasteiger partial charge in [0.15, 0.2) is 0 Å². The first-order valence-corrected chi connectivity index (χ1v) is 10.0. The molecule has 2 N–H and O–H groups in total. The molecule has 3 heterocycles. The molecular formula is C19H27N7O5. The topological polar surface area (TPSA) is 135 Å². The van der Waals surface area contributed by atoms with Gasteiger partial charge in [-0.15, -0.1) is 5.10 Å². The standard InChI is InChI=1S/C19H27N7O5/c1-23-13-14(17(22-23)31-2)18(29)25-11-9-24(10-12-25)8-5-20-15(27)3-6-26-7-4-16(28)21-19(26)30/h4,7,13H,3,5-6,8-12H2,1-2H3,(H,20,27)(H,21,28,30). The third kappa shape index (κ3) is 5.81. The number of hydrogen-bond acceptors (Lipinski definition) is 7. The zero-order valence-corrected chi connectivity index (χ0v) is 17.7. The van der Waals surface area contributed by atoms with E-state index in [0.29, 0.717) is 50.7 Å². The van der Waals surface area contributed by atoms with E-state index in [2.05, 4.69) is 20.3 Å². The average Bonchev–Trinajstić information content (AvgIpc) is 3.14. The maximum absolute atomic E-state index is 12.7. The largest absolute Gasteiger partial charge is 0.479 e. The molecule has 0 radical (unpaired) electrons. The van der Waals surface area contributed by atoms with Gasteiger partial charge in [0.2, 0.25) is 11.8 Å². The zero-order valence-electron chi connectivity index (χ0n) is 17.7. The van der Waals surface area contributed by atoms with Gasteiger partial charge < -0.3 is 19.5 Å². The molecule has 0 bridgehead atoms. The van der Waals surface area contributed by atoms with E-state index < -0.39 is 11.2 Å². The zero-order chi connectivity index (χ0) is 22.4. The van der Waals surface area contributed by atoms with Crippen LogP contribution in [-0.2, 0) is 18.4 Å². The maximum Gasteiger partial charge on any atom is 0.328 e. The molecule has 2 aromatic heterocycles. The molecule has 1 saturated heterocycles. The van der Waals surface area contributed by atoms with E-state index in [4.69, 9.17) is 4.74 Å². The molecule has 12 nitrogen and oxygen atoms in total. The summed E-state index contributed by atoms with van der Waals surface area (Å²) in [5.74, 6) is 0.0488. The third-order valence-corrected chi connectivity index (χ3v) is 5.10. The van der Waals surface area contributed by atoms with Crippen LogP contribution in [0.2, 0.25) is 0 Å². The highest BCUT2D eigenvalue weighted by atomic mass is 16.5. The quantitative estimate of drug-likeness (QED) is 0.504. The summed E-state index contributed by atoms with van der Waals surface area (Å²) in [5.41, 5.74) is -0.545. The van der Waals surface area contributed by atoms with Gasteiger partial charge >= 0.3 is 5.69 Å². The Labute approximate surface area is 178 Å². The highest BCUT2D eigenvalue weighted by Crippen LogP contribution is 2.18. The van der Waals surface area contributed by atoms with Crippen LogP contribution in [-0.4, -0.2) is 87.3 Å². The number of methoxy groups -OCH3 is 1. The predicted molar refractivity (Wildman–Crippen MR) is 111 cm³/mol.